The fourth-order valence-electron chi connectivity index (χ4n) is 1.56. The van der Waals surface area contributed by atoms with Crippen LogP contribution in [0.2, 0.25) is 0 Å². The van der Waals surface area contributed by atoms with Gasteiger partial charge in [0.05, 0.1) is 18.5 Å². The second kappa shape index (κ2) is 3.84. The standard InChI is InChI=1S/C11H12FN3O/c1-7-14-3-4-15(7)10-6-11(16-2)8(12)5-9(10)13/h3-6H,13H2,1-2H3. The van der Waals surface area contributed by atoms with E-state index in [1.54, 1.807) is 23.0 Å². The number of nitrogen functional groups attached to an aromatic ring is 1. The average Bonchev–Trinajstić information content (AvgIpc) is 2.65. The van der Waals surface area contributed by atoms with E-state index in [-0.39, 0.29) is 5.75 Å². The molecule has 0 aliphatic heterocycles. The zero-order valence-electron chi connectivity index (χ0n) is 9.07. The van der Waals surface area contributed by atoms with Crippen LogP contribution in [-0.2, 0) is 0 Å². The summed E-state index contributed by atoms with van der Waals surface area (Å²) in [6.45, 7) is 1.84. The van der Waals surface area contributed by atoms with Gasteiger partial charge in [-0.25, -0.2) is 9.37 Å². The summed E-state index contributed by atoms with van der Waals surface area (Å²) in [4.78, 5) is 4.08. The first kappa shape index (κ1) is 10.5. The number of nitrogens with zero attached hydrogens (tertiary/aromatic N) is 2. The lowest BCUT2D eigenvalue weighted by molar-refractivity contribution is 0.386. The summed E-state index contributed by atoms with van der Waals surface area (Å²) in [5.41, 5.74) is 6.77. The Morgan fingerprint density at radius 2 is 2.19 bits per heavy atom. The van der Waals surface area contributed by atoms with Crippen molar-refractivity contribution in [3.05, 3.63) is 36.2 Å². The van der Waals surface area contributed by atoms with E-state index in [9.17, 15) is 4.39 Å². The van der Waals surface area contributed by atoms with E-state index in [2.05, 4.69) is 4.98 Å². The molecule has 0 radical (unpaired) electrons. The van der Waals surface area contributed by atoms with Crippen molar-refractivity contribution in [3.8, 4) is 11.4 Å². The first-order chi connectivity index (χ1) is 7.63. The van der Waals surface area contributed by atoms with Gasteiger partial charge in [0.2, 0.25) is 0 Å². The number of benzene rings is 1. The number of hydrogen-bond donors (Lipinski definition) is 1. The van der Waals surface area contributed by atoms with Crippen molar-refractivity contribution in [2.24, 2.45) is 0 Å². The molecule has 0 saturated heterocycles. The number of aromatic nitrogens is 2. The molecular formula is C11H12FN3O. The summed E-state index contributed by atoms with van der Waals surface area (Å²) >= 11 is 0. The van der Waals surface area contributed by atoms with Crippen LogP contribution in [-0.4, -0.2) is 16.7 Å². The number of rotatable bonds is 2. The summed E-state index contributed by atoms with van der Waals surface area (Å²) in [7, 11) is 1.42. The summed E-state index contributed by atoms with van der Waals surface area (Å²) in [5, 5.41) is 0. The van der Waals surface area contributed by atoms with Crippen LogP contribution in [0.4, 0.5) is 10.1 Å². The lowest BCUT2D eigenvalue weighted by atomic mass is 10.2. The van der Waals surface area contributed by atoms with Crippen LogP contribution in [0, 0.1) is 12.7 Å². The highest BCUT2D eigenvalue weighted by atomic mass is 19.1. The summed E-state index contributed by atoms with van der Waals surface area (Å²) in [5.74, 6) is 0.471. The van der Waals surface area contributed by atoms with Crippen molar-refractivity contribution in [2.75, 3.05) is 12.8 Å². The second-order valence-electron chi connectivity index (χ2n) is 3.39. The molecule has 5 heteroatoms. The van der Waals surface area contributed by atoms with E-state index >= 15 is 0 Å². The molecule has 4 nitrogen and oxygen atoms in total. The Morgan fingerprint density at radius 3 is 2.75 bits per heavy atom. The number of aryl methyl sites for hydroxylation is 1. The number of nitrogens with two attached hydrogens (primary N) is 1. The van der Waals surface area contributed by atoms with Gasteiger partial charge >= 0.3 is 0 Å². The van der Waals surface area contributed by atoms with Crippen LogP contribution >= 0.6 is 0 Å². The lowest BCUT2D eigenvalue weighted by Gasteiger charge is -2.11. The molecular weight excluding hydrogens is 209 g/mol. The van der Waals surface area contributed by atoms with Gasteiger partial charge in [-0.05, 0) is 6.92 Å². The Hall–Kier alpha value is -2.04. The highest BCUT2D eigenvalue weighted by molar-refractivity contribution is 5.61. The smallest absolute Gasteiger partial charge is 0.167 e. The maximum atomic E-state index is 13.3. The molecule has 0 bridgehead atoms. The van der Waals surface area contributed by atoms with E-state index in [4.69, 9.17) is 10.5 Å². The van der Waals surface area contributed by atoms with Gasteiger partial charge in [-0.2, -0.15) is 0 Å². The number of anilines is 1. The molecule has 0 unspecified atom stereocenters. The van der Waals surface area contributed by atoms with E-state index in [0.717, 1.165) is 5.82 Å². The Morgan fingerprint density at radius 1 is 1.44 bits per heavy atom. The van der Waals surface area contributed by atoms with Gasteiger partial charge in [0.1, 0.15) is 5.82 Å². The zero-order chi connectivity index (χ0) is 11.7. The monoisotopic (exact) mass is 221 g/mol. The molecule has 16 heavy (non-hydrogen) atoms. The topological polar surface area (TPSA) is 53.1 Å². The molecule has 0 spiro atoms. The Kier molecular flexibility index (Phi) is 2.52. The number of hydrogen-bond acceptors (Lipinski definition) is 3. The quantitative estimate of drug-likeness (QED) is 0.788. The van der Waals surface area contributed by atoms with Gasteiger partial charge in [-0.3, -0.25) is 0 Å². The maximum Gasteiger partial charge on any atom is 0.167 e. The lowest BCUT2D eigenvalue weighted by Crippen LogP contribution is -2.02. The zero-order valence-corrected chi connectivity index (χ0v) is 9.07. The minimum atomic E-state index is -0.471. The van der Waals surface area contributed by atoms with Gasteiger partial charge in [-0.15, -0.1) is 0 Å². The third kappa shape index (κ3) is 1.60. The number of halogens is 1. The molecule has 1 aromatic carbocycles. The maximum absolute atomic E-state index is 13.3. The van der Waals surface area contributed by atoms with Crippen LogP contribution in [0.5, 0.6) is 5.75 Å². The van der Waals surface area contributed by atoms with E-state index in [1.165, 1.54) is 13.2 Å². The Balaban J connectivity index is 2.61. The molecule has 1 heterocycles. The van der Waals surface area contributed by atoms with Crippen LogP contribution in [0.1, 0.15) is 5.82 Å². The van der Waals surface area contributed by atoms with Gasteiger partial charge in [0.15, 0.2) is 11.6 Å². The SMILES string of the molecule is COc1cc(-n2ccnc2C)c(N)cc1F. The molecule has 0 amide bonds. The first-order valence-electron chi connectivity index (χ1n) is 4.77. The van der Waals surface area contributed by atoms with Crippen molar-refractivity contribution in [2.45, 2.75) is 6.92 Å². The molecule has 1 aromatic heterocycles. The normalized spacial score (nSPS) is 10.4. The molecule has 0 saturated carbocycles. The Labute approximate surface area is 92.5 Å². The third-order valence-electron chi connectivity index (χ3n) is 2.39. The van der Waals surface area contributed by atoms with E-state index < -0.39 is 5.82 Å². The summed E-state index contributed by atoms with van der Waals surface area (Å²) in [6.07, 6.45) is 3.42. The van der Waals surface area contributed by atoms with Crippen LogP contribution in [0.15, 0.2) is 24.5 Å². The highest BCUT2D eigenvalue weighted by Crippen LogP contribution is 2.27. The van der Waals surface area contributed by atoms with Crippen molar-refractivity contribution in [1.82, 2.24) is 9.55 Å². The molecule has 0 aliphatic carbocycles. The molecule has 84 valence electrons. The predicted octanol–water partition coefficient (Wildman–Crippen LogP) is 1.91. The fourth-order valence-corrected chi connectivity index (χ4v) is 1.56. The minimum Gasteiger partial charge on any atom is -0.494 e. The van der Waals surface area contributed by atoms with Crippen molar-refractivity contribution in [1.29, 1.82) is 0 Å². The molecule has 2 rings (SSSR count). The van der Waals surface area contributed by atoms with Crippen LogP contribution in [0.25, 0.3) is 5.69 Å². The van der Waals surface area contributed by atoms with Crippen molar-refractivity contribution >= 4 is 5.69 Å². The average molecular weight is 221 g/mol. The molecule has 0 aliphatic rings. The predicted molar refractivity (Wildman–Crippen MR) is 59.2 cm³/mol. The van der Waals surface area contributed by atoms with Gasteiger partial charge in [0, 0.05) is 24.5 Å². The van der Waals surface area contributed by atoms with Crippen molar-refractivity contribution in [3.63, 3.8) is 0 Å². The number of methoxy groups -OCH3 is 1. The molecule has 0 fully saturated rings. The first-order valence-corrected chi connectivity index (χ1v) is 4.77. The highest BCUT2D eigenvalue weighted by Gasteiger charge is 2.10. The molecule has 2 aromatic rings. The fraction of sp³-hybridized carbons (Fsp3) is 0.182. The van der Waals surface area contributed by atoms with Crippen LogP contribution in [0.3, 0.4) is 0 Å². The number of ether oxygens (including phenoxy) is 1. The largest absolute Gasteiger partial charge is 0.494 e. The summed E-state index contributed by atoms with van der Waals surface area (Å²) < 4.78 is 20.0. The van der Waals surface area contributed by atoms with Gasteiger partial charge < -0.3 is 15.0 Å². The van der Waals surface area contributed by atoms with E-state index in [0.29, 0.717) is 11.4 Å². The third-order valence-corrected chi connectivity index (χ3v) is 2.39. The van der Waals surface area contributed by atoms with Crippen LogP contribution < -0.4 is 10.5 Å². The van der Waals surface area contributed by atoms with Gasteiger partial charge in [0.25, 0.3) is 0 Å². The summed E-state index contributed by atoms with van der Waals surface area (Å²) in [6, 6.07) is 2.80. The Bertz CT molecular complexity index is 522. The number of imidazole rings is 1. The second-order valence-corrected chi connectivity index (χ2v) is 3.39. The minimum absolute atomic E-state index is 0.164. The molecule has 0 atom stereocenters. The molecule has 2 N–H and O–H groups in total. The van der Waals surface area contributed by atoms with Crippen molar-refractivity contribution < 1.29 is 9.13 Å². The van der Waals surface area contributed by atoms with E-state index in [1.807, 2.05) is 6.92 Å². The van der Waals surface area contributed by atoms with Gasteiger partial charge in [-0.1, -0.05) is 0 Å².